The number of para-hydroxylation sites is 1. The van der Waals surface area contributed by atoms with E-state index < -0.39 is 0 Å². The fraction of sp³-hybridized carbons (Fsp3) is 0.538. The van der Waals surface area contributed by atoms with Gasteiger partial charge in [-0.25, -0.2) is 0 Å². The summed E-state index contributed by atoms with van der Waals surface area (Å²) in [5.74, 6) is 0.545. The van der Waals surface area contributed by atoms with Gasteiger partial charge in [0.25, 0.3) is 0 Å². The molecule has 0 heterocycles. The van der Waals surface area contributed by atoms with Crippen LogP contribution in [0.4, 0.5) is 5.69 Å². The summed E-state index contributed by atoms with van der Waals surface area (Å²) in [5, 5.41) is 3.47. The van der Waals surface area contributed by atoms with Gasteiger partial charge < -0.3 is 10.1 Å². The molecule has 84 valence electrons. The highest BCUT2D eigenvalue weighted by atomic mass is 16.5. The second-order valence-corrected chi connectivity index (χ2v) is 4.24. The van der Waals surface area contributed by atoms with Gasteiger partial charge in [0.05, 0.1) is 6.61 Å². The third-order valence-electron chi connectivity index (χ3n) is 2.40. The molecule has 15 heavy (non-hydrogen) atoms. The minimum atomic E-state index is 0.342. The van der Waals surface area contributed by atoms with Crippen molar-refractivity contribution in [2.24, 2.45) is 0 Å². The van der Waals surface area contributed by atoms with Gasteiger partial charge in [0, 0.05) is 18.8 Å². The standard InChI is InChI=1S/C13H21NO/c1-10(2)12-7-5-6-8-13(12)14-11(3)9-15-4/h5-8,10-11,14H,9H2,1-4H3. The zero-order valence-corrected chi connectivity index (χ0v) is 10.1. The average molecular weight is 207 g/mol. The van der Waals surface area contributed by atoms with Crippen LogP contribution in [0.25, 0.3) is 0 Å². The molecule has 0 spiro atoms. The molecule has 0 radical (unpaired) electrons. The van der Waals surface area contributed by atoms with Crippen LogP contribution in [0, 0.1) is 0 Å². The summed E-state index contributed by atoms with van der Waals surface area (Å²) in [6.07, 6.45) is 0. The first-order valence-electron chi connectivity index (χ1n) is 5.49. The van der Waals surface area contributed by atoms with Gasteiger partial charge >= 0.3 is 0 Å². The minimum Gasteiger partial charge on any atom is -0.383 e. The van der Waals surface area contributed by atoms with Gasteiger partial charge in [-0.3, -0.25) is 0 Å². The van der Waals surface area contributed by atoms with Crippen LogP contribution in [0.15, 0.2) is 24.3 Å². The van der Waals surface area contributed by atoms with Gasteiger partial charge in [-0.15, -0.1) is 0 Å². The Morgan fingerprint density at radius 2 is 1.87 bits per heavy atom. The molecular weight excluding hydrogens is 186 g/mol. The number of nitrogens with one attached hydrogen (secondary N) is 1. The molecule has 0 aromatic heterocycles. The molecule has 1 aromatic rings. The summed E-state index contributed by atoms with van der Waals surface area (Å²) < 4.78 is 5.11. The maximum absolute atomic E-state index is 5.11. The molecule has 0 saturated carbocycles. The first kappa shape index (κ1) is 12.1. The van der Waals surface area contributed by atoms with E-state index in [0.717, 1.165) is 6.61 Å². The Labute approximate surface area is 92.6 Å². The number of benzene rings is 1. The minimum absolute atomic E-state index is 0.342. The molecule has 2 nitrogen and oxygen atoms in total. The lowest BCUT2D eigenvalue weighted by molar-refractivity contribution is 0.190. The van der Waals surface area contributed by atoms with Gasteiger partial charge in [-0.1, -0.05) is 32.0 Å². The smallest absolute Gasteiger partial charge is 0.0661 e. The molecule has 1 aromatic carbocycles. The molecule has 0 aliphatic rings. The van der Waals surface area contributed by atoms with Crippen molar-refractivity contribution in [3.63, 3.8) is 0 Å². The van der Waals surface area contributed by atoms with Crippen LogP contribution in [0.1, 0.15) is 32.3 Å². The zero-order valence-electron chi connectivity index (χ0n) is 10.1. The number of ether oxygens (including phenoxy) is 1. The fourth-order valence-electron chi connectivity index (χ4n) is 1.69. The van der Waals surface area contributed by atoms with Crippen molar-refractivity contribution in [1.29, 1.82) is 0 Å². The van der Waals surface area contributed by atoms with E-state index in [1.54, 1.807) is 7.11 Å². The summed E-state index contributed by atoms with van der Waals surface area (Å²) in [4.78, 5) is 0. The molecule has 2 heteroatoms. The molecule has 1 rings (SSSR count). The molecule has 0 aliphatic carbocycles. The van der Waals surface area contributed by atoms with Crippen molar-refractivity contribution in [2.75, 3.05) is 19.0 Å². The van der Waals surface area contributed by atoms with Crippen molar-refractivity contribution in [3.8, 4) is 0 Å². The third kappa shape index (κ3) is 3.56. The Morgan fingerprint density at radius 3 is 2.47 bits per heavy atom. The largest absolute Gasteiger partial charge is 0.383 e. The topological polar surface area (TPSA) is 21.3 Å². The van der Waals surface area contributed by atoms with E-state index >= 15 is 0 Å². The van der Waals surface area contributed by atoms with E-state index in [0.29, 0.717) is 12.0 Å². The Hall–Kier alpha value is -1.02. The van der Waals surface area contributed by atoms with Gasteiger partial charge in [0.15, 0.2) is 0 Å². The van der Waals surface area contributed by atoms with Gasteiger partial charge in [-0.2, -0.15) is 0 Å². The molecule has 0 aliphatic heterocycles. The quantitative estimate of drug-likeness (QED) is 0.800. The second-order valence-electron chi connectivity index (χ2n) is 4.24. The summed E-state index contributed by atoms with van der Waals surface area (Å²) in [6, 6.07) is 8.79. The number of hydrogen-bond acceptors (Lipinski definition) is 2. The van der Waals surface area contributed by atoms with Crippen molar-refractivity contribution >= 4 is 5.69 Å². The van der Waals surface area contributed by atoms with E-state index in [1.165, 1.54) is 11.3 Å². The lowest BCUT2D eigenvalue weighted by Crippen LogP contribution is -2.21. The predicted molar refractivity (Wildman–Crippen MR) is 65.5 cm³/mol. The molecule has 1 N–H and O–H groups in total. The Bertz CT molecular complexity index is 296. The van der Waals surface area contributed by atoms with Gasteiger partial charge in [0.1, 0.15) is 0 Å². The molecule has 0 saturated heterocycles. The van der Waals surface area contributed by atoms with E-state index in [9.17, 15) is 0 Å². The Kier molecular flexibility index (Phi) is 4.63. The molecular formula is C13H21NO. The first-order chi connectivity index (χ1) is 7.15. The monoisotopic (exact) mass is 207 g/mol. The van der Waals surface area contributed by atoms with E-state index in [1.807, 2.05) is 0 Å². The highest BCUT2D eigenvalue weighted by Gasteiger charge is 2.07. The average Bonchev–Trinajstić information content (AvgIpc) is 2.18. The van der Waals surface area contributed by atoms with Crippen LogP contribution in [0.5, 0.6) is 0 Å². The van der Waals surface area contributed by atoms with Crippen molar-refractivity contribution in [3.05, 3.63) is 29.8 Å². The molecule has 0 amide bonds. The SMILES string of the molecule is COCC(C)Nc1ccccc1C(C)C. The number of methoxy groups -OCH3 is 1. The van der Waals surface area contributed by atoms with E-state index in [4.69, 9.17) is 4.74 Å². The highest BCUT2D eigenvalue weighted by Crippen LogP contribution is 2.24. The summed E-state index contributed by atoms with van der Waals surface area (Å²) >= 11 is 0. The van der Waals surface area contributed by atoms with Crippen molar-refractivity contribution in [2.45, 2.75) is 32.7 Å². The lowest BCUT2D eigenvalue weighted by Gasteiger charge is -2.19. The van der Waals surface area contributed by atoms with Gasteiger partial charge in [-0.05, 0) is 24.5 Å². The van der Waals surface area contributed by atoms with Crippen LogP contribution < -0.4 is 5.32 Å². The lowest BCUT2D eigenvalue weighted by atomic mass is 10.0. The summed E-state index contributed by atoms with van der Waals surface area (Å²) in [7, 11) is 1.73. The number of hydrogen-bond donors (Lipinski definition) is 1. The van der Waals surface area contributed by atoms with E-state index in [-0.39, 0.29) is 0 Å². The molecule has 1 unspecified atom stereocenters. The van der Waals surface area contributed by atoms with Crippen LogP contribution in [0.3, 0.4) is 0 Å². The second kappa shape index (κ2) is 5.76. The normalized spacial score (nSPS) is 12.9. The molecule has 1 atom stereocenters. The number of anilines is 1. The van der Waals surface area contributed by atoms with Crippen LogP contribution in [-0.4, -0.2) is 19.8 Å². The predicted octanol–water partition coefficient (Wildman–Crippen LogP) is 3.26. The molecule has 0 fully saturated rings. The van der Waals surface area contributed by atoms with E-state index in [2.05, 4.69) is 50.4 Å². The maximum atomic E-state index is 5.11. The van der Waals surface area contributed by atoms with Crippen LogP contribution >= 0.6 is 0 Å². The van der Waals surface area contributed by atoms with Crippen molar-refractivity contribution < 1.29 is 4.74 Å². The summed E-state index contributed by atoms with van der Waals surface area (Å²) in [5.41, 5.74) is 2.58. The highest BCUT2D eigenvalue weighted by molar-refractivity contribution is 5.53. The maximum Gasteiger partial charge on any atom is 0.0661 e. The van der Waals surface area contributed by atoms with Gasteiger partial charge in [0.2, 0.25) is 0 Å². The third-order valence-corrected chi connectivity index (χ3v) is 2.40. The number of rotatable bonds is 5. The first-order valence-corrected chi connectivity index (χ1v) is 5.49. The van der Waals surface area contributed by atoms with Crippen molar-refractivity contribution in [1.82, 2.24) is 0 Å². The zero-order chi connectivity index (χ0) is 11.3. The Morgan fingerprint density at radius 1 is 1.20 bits per heavy atom. The molecule has 0 bridgehead atoms. The summed E-state index contributed by atoms with van der Waals surface area (Å²) in [6.45, 7) is 7.27. The Balaban J connectivity index is 2.75. The van der Waals surface area contributed by atoms with Crippen LogP contribution in [0.2, 0.25) is 0 Å². The van der Waals surface area contributed by atoms with Crippen LogP contribution in [-0.2, 0) is 4.74 Å². The fourth-order valence-corrected chi connectivity index (χ4v) is 1.69.